The summed E-state index contributed by atoms with van der Waals surface area (Å²) in [5.74, 6) is 0. The second-order valence-corrected chi connectivity index (χ2v) is 5.35. The average molecular weight is 296 g/mol. The van der Waals surface area contributed by atoms with Crippen LogP contribution in [0.4, 0.5) is 5.69 Å². The van der Waals surface area contributed by atoms with E-state index in [1.54, 1.807) is 12.1 Å². The van der Waals surface area contributed by atoms with Crippen LogP contribution in [-0.2, 0) is 13.6 Å². The molecule has 0 saturated heterocycles. The van der Waals surface area contributed by atoms with E-state index < -0.39 is 0 Å². The Morgan fingerprint density at radius 3 is 2.86 bits per heavy atom. The molecule has 1 N–H and O–H groups in total. The van der Waals surface area contributed by atoms with Gasteiger partial charge in [0.15, 0.2) is 0 Å². The highest BCUT2D eigenvalue weighted by molar-refractivity contribution is 6.31. The number of aryl methyl sites for hydroxylation is 1. The number of hydrogen-bond donors (Lipinski definition) is 1. The van der Waals surface area contributed by atoms with Gasteiger partial charge in [-0.05, 0) is 29.8 Å². The molecule has 0 atom stereocenters. The van der Waals surface area contributed by atoms with Crippen molar-refractivity contribution in [2.75, 3.05) is 5.32 Å². The second-order valence-electron chi connectivity index (χ2n) is 4.94. The maximum absolute atomic E-state index is 9.01. The number of aromatic nitrogens is 1. The molecule has 4 heteroatoms. The first kappa shape index (κ1) is 13.5. The third-order valence-electron chi connectivity index (χ3n) is 3.55. The Morgan fingerprint density at radius 2 is 2.05 bits per heavy atom. The molecule has 1 heterocycles. The number of nitrogens with zero attached hydrogens (tertiary/aromatic N) is 2. The number of halogens is 1. The predicted octanol–water partition coefficient (Wildman–Crippen LogP) is 4.32. The van der Waals surface area contributed by atoms with Gasteiger partial charge in [-0.3, -0.25) is 0 Å². The molecule has 0 fully saturated rings. The topological polar surface area (TPSA) is 40.8 Å². The van der Waals surface area contributed by atoms with Crippen molar-refractivity contribution < 1.29 is 0 Å². The van der Waals surface area contributed by atoms with Gasteiger partial charge in [0.25, 0.3) is 0 Å². The second kappa shape index (κ2) is 5.51. The molecule has 0 aliphatic rings. The SMILES string of the molecule is Cn1cc(CNc2ccc(Cl)c(C#N)c2)c2ccccc21. The maximum Gasteiger partial charge on any atom is 0.101 e. The monoisotopic (exact) mass is 295 g/mol. The van der Waals surface area contributed by atoms with Gasteiger partial charge in [-0.15, -0.1) is 0 Å². The van der Waals surface area contributed by atoms with Gasteiger partial charge in [0.2, 0.25) is 0 Å². The molecule has 0 bridgehead atoms. The van der Waals surface area contributed by atoms with Crippen molar-refractivity contribution in [3.8, 4) is 6.07 Å². The van der Waals surface area contributed by atoms with Crippen LogP contribution < -0.4 is 5.32 Å². The van der Waals surface area contributed by atoms with Crippen molar-refractivity contribution in [3.63, 3.8) is 0 Å². The molecule has 21 heavy (non-hydrogen) atoms. The highest BCUT2D eigenvalue weighted by Gasteiger charge is 2.06. The zero-order valence-corrected chi connectivity index (χ0v) is 12.4. The lowest BCUT2D eigenvalue weighted by Crippen LogP contribution is -1.99. The molecule has 0 spiro atoms. The fourth-order valence-electron chi connectivity index (χ4n) is 2.48. The Bertz CT molecular complexity index is 843. The van der Waals surface area contributed by atoms with E-state index in [0.29, 0.717) is 17.1 Å². The number of nitriles is 1. The molecule has 104 valence electrons. The number of fused-ring (bicyclic) bond motifs is 1. The van der Waals surface area contributed by atoms with Crippen LogP contribution in [0, 0.1) is 11.3 Å². The standard InChI is InChI=1S/C17H14ClN3/c1-21-11-13(15-4-2-3-5-17(15)21)10-20-14-6-7-16(18)12(8-14)9-19/h2-8,11,20H,10H2,1H3. The van der Waals surface area contributed by atoms with Crippen LogP contribution in [0.25, 0.3) is 10.9 Å². The highest BCUT2D eigenvalue weighted by atomic mass is 35.5. The van der Waals surface area contributed by atoms with Crippen LogP contribution in [0.3, 0.4) is 0 Å². The predicted molar refractivity (Wildman–Crippen MR) is 86.4 cm³/mol. The Kier molecular flexibility index (Phi) is 3.55. The molecule has 3 aromatic rings. The molecular weight excluding hydrogens is 282 g/mol. The lowest BCUT2D eigenvalue weighted by atomic mass is 10.1. The van der Waals surface area contributed by atoms with Crippen molar-refractivity contribution in [2.24, 2.45) is 7.05 Å². The summed E-state index contributed by atoms with van der Waals surface area (Å²) in [4.78, 5) is 0. The van der Waals surface area contributed by atoms with E-state index in [-0.39, 0.29) is 0 Å². The lowest BCUT2D eigenvalue weighted by molar-refractivity contribution is 0.956. The van der Waals surface area contributed by atoms with Crippen LogP contribution in [0.5, 0.6) is 0 Å². The van der Waals surface area contributed by atoms with E-state index in [1.165, 1.54) is 16.5 Å². The number of hydrogen-bond acceptors (Lipinski definition) is 2. The summed E-state index contributed by atoms with van der Waals surface area (Å²) in [5.41, 5.74) is 3.81. The number of para-hydroxylation sites is 1. The van der Waals surface area contributed by atoms with Crippen molar-refractivity contribution in [1.82, 2.24) is 4.57 Å². The van der Waals surface area contributed by atoms with E-state index in [1.807, 2.05) is 25.2 Å². The Morgan fingerprint density at radius 1 is 1.24 bits per heavy atom. The first-order chi connectivity index (χ1) is 10.2. The molecule has 0 amide bonds. The third-order valence-corrected chi connectivity index (χ3v) is 3.88. The molecular formula is C17H14ClN3. The van der Waals surface area contributed by atoms with Gasteiger partial charge in [0.1, 0.15) is 6.07 Å². The van der Waals surface area contributed by atoms with Gasteiger partial charge < -0.3 is 9.88 Å². The van der Waals surface area contributed by atoms with E-state index in [4.69, 9.17) is 16.9 Å². The normalized spacial score (nSPS) is 10.5. The molecule has 3 nitrogen and oxygen atoms in total. The first-order valence-corrected chi connectivity index (χ1v) is 7.03. The van der Waals surface area contributed by atoms with Crippen LogP contribution in [0.2, 0.25) is 5.02 Å². The summed E-state index contributed by atoms with van der Waals surface area (Å²) >= 11 is 5.94. The minimum atomic E-state index is 0.480. The Balaban J connectivity index is 1.86. The molecule has 3 rings (SSSR count). The van der Waals surface area contributed by atoms with Crippen molar-refractivity contribution in [1.29, 1.82) is 5.26 Å². The van der Waals surface area contributed by atoms with Gasteiger partial charge in [-0.1, -0.05) is 29.8 Å². The molecule has 1 aromatic heterocycles. The minimum absolute atomic E-state index is 0.480. The Hall–Kier alpha value is -2.44. The smallest absolute Gasteiger partial charge is 0.101 e. The van der Waals surface area contributed by atoms with Crippen LogP contribution in [-0.4, -0.2) is 4.57 Å². The van der Waals surface area contributed by atoms with Gasteiger partial charge in [0.05, 0.1) is 10.6 Å². The van der Waals surface area contributed by atoms with Crippen LogP contribution in [0.1, 0.15) is 11.1 Å². The molecule has 0 aliphatic carbocycles. The zero-order chi connectivity index (χ0) is 14.8. The van der Waals surface area contributed by atoms with E-state index in [0.717, 1.165) is 5.69 Å². The zero-order valence-electron chi connectivity index (χ0n) is 11.6. The van der Waals surface area contributed by atoms with Crippen LogP contribution in [0.15, 0.2) is 48.7 Å². The van der Waals surface area contributed by atoms with E-state index >= 15 is 0 Å². The highest BCUT2D eigenvalue weighted by Crippen LogP contribution is 2.23. The van der Waals surface area contributed by atoms with Crippen molar-refractivity contribution in [3.05, 3.63) is 64.8 Å². The number of anilines is 1. The summed E-state index contributed by atoms with van der Waals surface area (Å²) < 4.78 is 2.12. The van der Waals surface area contributed by atoms with Gasteiger partial charge >= 0.3 is 0 Å². The fraction of sp³-hybridized carbons (Fsp3) is 0.118. The third kappa shape index (κ3) is 2.58. The minimum Gasteiger partial charge on any atom is -0.381 e. The largest absolute Gasteiger partial charge is 0.381 e. The Labute approximate surface area is 128 Å². The van der Waals surface area contributed by atoms with Gasteiger partial charge in [-0.2, -0.15) is 5.26 Å². The summed E-state index contributed by atoms with van der Waals surface area (Å²) in [6.45, 7) is 0.702. The maximum atomic E-state index is 9.01. The average Bonchev–Trinajstić information content (AvgIpc) is 2.83. The molecule has 0 saturated carbocycles. The first-order valence-electron chi connectivity index (χ1n) is 6.65. The summed E-state index contributed by atoms with van der Waals surface area (Å²) in [6, 6.07) is 15.8. The summed E-state index contributed by atoms with van der Waals surface area (Å²) in [5, 5.41) is 14.1. The number of benzene rings is 2. The number of nitrogens with one attached hydrogen (secondary N) is 1. The molecule has 0 unspecified atom stereocenters. The lowest BCUT2D eigenvalue weighted by Gasteiger charge is -2.06. The van der Waals surface area contributed by atoms with Crippen molar-refractivity contribution in [2.45, 2.75) is 6.54 Å². The van der Waals surface area contributed by atoms with Crippen LogP contribution >= 0.6 is 11.6 Å². The molecule has 0 aliphatic heterocycles. The molecule has 2 aromatic carbocycles. The van der Waals surface area contributed by atoms with Gasteiger partial charge in [-0.25, -0.2) is 0 Å². The molecule has 0 radical (unpaired) electrons. The summed E-state index contributed by atoms with van der Waals surface area (Å²) in [6.07, 6.45) is 2.12. The number of rotatable bonds is 3. The van der Waals surface area contributed by atoms with E-state index in [2.05, 4.69) is 34.3 Å². The summed E-state index contributed by atoms with van der Waals surface area (Å²) in [7, 11) is 2.04. The quantitative estimate of drug-likeness (QED) is 0.782. The van der Waals surface area contributed by atoms with Crippen molar-refractivity contribution >= 4 is 28.2 Å². The van der Waals surface area contributed by atoms with E-state index in [9.17, 15) is 0 Å². The van der Waals surface area contributed by atoms with Gasteiger partial charge in [0, 0.05) is 36.4 Å². The fourth-order valence-corrected chi connectivity index (χ4v) is 2.64.